The van der Waals surface area contributed by atoms with Gasteiger partial charge >= 0.3 is 0 Å². The van der Waals surface area contributed by atoms with Crippen LogP contribution in [-0.2, 0) is 14.8 Å². The maximum Gasteiger partial charge on any atom is 0.250 e. The van der Waals surface area contributed by atoms with E-state index in [1.165, 1.54) is 11.3 Å². The fourth-order valence-corrected chi connectivity index (χ4v) is 5.49. The zero-order valence-corrected chi connectivity index (χ0v) is 17.4. The monoisotopic (exact) mass is 415 g/mol. The predicted molar refractivity (Wildman–Crippen MR) is 108 cm³/mol. The van der Waals surface area contributed by atoms with Gasteiger partial charge in [-0.05, 0) is 24.8 Å². The fraction of sp³-hybridized carbons (Fsp3) is 0.706. The van der Waals surface area contributed by atoms with E-state index in [9.17, 15) is 8.42 Å². The summed E-state index contributed by atoms with van der Waals surface area (Å²) in [6.07, 6.45) is 1.12. The highest BCUT2D eigenvalue weighted by Gasteiger charge is 2.30. The van der Waals surface area contributed by atoms with Gasteiger partial charge in [-0.1, -0.05) is 6.07 Å². The number of morpholine rings is 1. The van der Waals surface area contributed by atoms with Gasteiger partial charge in [-0.25, -0.2) is 13.1 Å². The second-order valence-corrected chi connectivity index (χ2v) is 9.54. The molecule has 10 heteroatoms. The molecular formula is C17H29N5O3S2. The Labute approximate surface area is 165 Å². The van der Waals surface area contributed by atoms with Crippen molar-refractivity contribution in [2.75, 3.05) is 59.0 Å². The highest BCUT2D eigenvalue weighted by molar-refractivity contribution is 7.91. The molecule has 0 radical (unpaired) electrons. The predicted octanol–water partition coefficient (Wildman–Crippen LogP) is 0.398. The molecule has 2 saturated heterocycles. The summed E-state index contributed by atoms with van der Waals surface area (Å²) in [6.45, 7) is 9.07. The number of guanidine groups is 1. The van der Waals surface area contributed by atoms with Gasteiger partial charge in [-0.2, -0.15) is 0 Å². The average molecular weight is 416 g/mol. The number of nitrogens with zero attached hydrogens (tertiary/aromatic N) is 3. The van der Waals surface area contributed by atoms with Crippen LogP contribution >= 0.6 is 11.3 Å². The van der Waals surface area contributed by atoms with Crippen LogP contribution in [0.25, 0.3) is 0 Å². The van der Waals surface area contributed by atoms with Gasteiger partial charge in [0.15, 0.2) is 5.96 Å². The SMILES string of the molecule is CCNC(=NCCNS(=O)(=O)c1cccs1)N1CCC(N2CCOCC2)C1. The molecule has 0 saturated carbocycles. The van der Waals surface area contributed by atoms with Crippen LogP contribution < -0.4 is 10.0 Å². The Morgan fingerprint density at radius 1 is 1.37 bits per heavy atom. The van der Waals surface area contributed by atoms with Crippen LogP contribution in [0.2, 0.25) is 0 Å². The molecule has 8 nitrogen and oxygen atoms in total. The average Bonchev–Trinajstić information content (AvgIpc) is 3.37. The maximum atomic E-state index is 12.1. The van der Waals surface area contributed by atoms with E-state index in [4.69, 9.17) is 4.74 Å². The number of sulfonamides is 1. The lowest BCUT2D eigenvalue weighted by molar-refractivity contribution is 0.0195. The van der Waals surface area contributed by atoms with Crippen LogP contribution in [0.5, 0.6) is 0 Å². The second-order valence-electron chi connectivity index (χ2n) is 6.60. The molecule has 152 valence electrons. The summed E-state index contributed by atoms with van der Waals surface area (Å²) >= 11 is 1.22. The minimum absolute atomic E-state index is 0.288. The third kappa shape index (κ3) is 5.64. The Hall–Kier alpha value is -1.20. The van der Waals surface area contributed by atoms with Crippen LogP contribution in [0.4, 0.5) is 0 Å². The van der Waals surface area contributed by atoms with Crippen molar-refractivity contribution in [1.29, 1.82) is 0 Å². The van der Waals surface area contributed by atoms with Crippen LogP contribution in [-0.4, -0.2) is 89.2 Å². The zero-order valence-electron chi connectivity index (χ0n) is 15.8. The summed E-state index contributed by atoms with van der Waals surface area (Å²) in [5.41, 5.74) is 0. The first-order valence-corrected chi connectivity index (χ1v) is 11.8. The molecule has 3 heterocycles. The molecule has 0 amide bonds. The minimum Gasteiger partial charge on any atom is -0.379 e. The third-order valence-corrected chi connectivity index (χ3v) is 7.64. The fourth-order valence-electron chi connectivity index (χ4n) is 3.43. The van der Waals surface area contributed by atoms with Crippen molar-refractivity contribution < 1.29 is 13.2 Å². The Morgan fingerprint density at radius 3 is 2.89 bits per heavy atom. The van der Waals surface area contributed by atoms with Crippen molar-refractivity contribution in [2.24, 2.45) is 4.99 Å². The smallest absolute Gasteiger partial charge is 0.250 e. The minimum atomic E-state index is -3.42. The van der Waals surface area contributed by atoms with Crippen molar-refractivity contribution in [3.05, 3.63) is 17.5 Å². The van der Waals surface area contributed by atoms with Gasteiger partial charge in [-0.3, -0.25) is 9.89 Å². The van der Waals surface area contributed by atoms with E-state index in [-0.39, 0.29) is 6.54 Å². The van der Waals surface area contributed by atoms with Crippen molar-refractivity contribution in [1.82, 2.24) is 19.8 Å². The van der Waals surface area contributed by atoms with E-state index in [2.05, 4.69) is 24.8 Å². The normalized spacial score (nSPS) is 22.3. The van der Waals surface area contributed by atoms with Crippen molar-refractivity contribution in [2.45, 2.75) is 23.6 Å². The van der Waals surface area contributed by atoms with Gasteiger partial charge in [0.1, 0.15) is 4.21 Å². The molecule has 2 aliphatic rings. The van der Waals surface area contributed by atoms with Gasteiger partial charge in [-0.15, -0.1) is 11.3 Å². The quantitative estimate of drug-likeness (QED) is 0.381. The molecule has 0 aliphatic carbocycles. The van der Waals surface area contributed by atoms with Crippen molar-refractivity contribution in [3.8, 4) is 0 Å². The van der Waals surface area contributed by atoms with Gasteiger partial charge in [0.2, 0.25) is 10.0 Å². The lowest BCUT2D eigenvalue weighted by Gasteiger charge is -2.32. The molecule has 2 N–H and O–H groups in total. The molecule has 27 heavy (non-hydrogen) atoms. The number of hydrogen-bond donors (Lipinski definition) is 2. The molecule has 1 aromatic rings. The topological polar surface area (TPSA) is 86.3 Å². The van der Waals surface area contributed by atoms with Gasteiger partial charge in [0, 0.05) is 45.3 Å². The largest absolute Gasteiger partial charge is 0.379 e. The number of likely N-dealkylation sites (tertiary alicyclic amines) is 1. The first-order valence-electron chi connectivity index (χ1n) is 9.48. The maximum absolute atomic E-state index is 12.1. The Kier molecular flexibility index (Phi) is 7.48. The third-order valence-electron chi connectivity index (χ3n) is 4.79. The number of rotatable bonds is 7. The summed E-state index contributed by atoms with van der Waals surface area (Å²) in [5, 5.41) is 5.09. The van der Waals surface area contributed by atoms with Crippen LogP contribution in [0.1, 0.15) is 13.3 Å². The van der Waals surface area contributed by atoms with E-state index < -0.39 is 10.0 Å². The standard InChI is InChI=1S/C17H29N5O3S2/c1-2-18-17(19-6-7-20-27(23,24)16-4-3-13-26-16)22-8-5-15(14-22)21-9-11-25-12-10-21/h3-4,13,15,20H,2,5-12,14H2,1H3,(H,18,19). The van der Waals surface area contributed by atoms with Gasteiger partial charge < -0.3 is 15.0 Å². The summed E-state index contributed by atoms with van der Waals surface area (Å²) < 4.78 is 32.7. The first kappa shape index (κ1) is 20.5. The molecule has 1 unspecified atom stereocenters. The zero-order chi connectivity index (χ0) is 19.1. The van der Waals surface area contributed by atoms with Gasteiger partial charge in [0.05, 0.1) is 19.8 Å². The Bertz CT molecular complexity index is 702. The number of ether oxygens (including phenoxy) is 1. The molecule has 3 rings (SSSR count). The highest BCUT2D eigenvalue weighted by Crippen LogP contribution is 2.17. The van der Waals surface area contributed by atoms with E-state index >= 15 is 0 Å². The molecule has 1 atom stereocenters. The number of nitrogens with one attached hydrogen (secondary N) is 2. The van der Waals surface area contributed by atoms with Crippen LogP contribution in [0, 0.1) is 0 Å². The lowest BCUT2D eigenvalue weighted by atomic mass is 10.2. The van der Waals surface area contributed by atoms with Crippen molar-refractivity contribution in [3.63, 3.8) is 0 Å². The number of hydrogen-bond acceptors (Lipinski definition) is 6. The first-order chi connectivity index (χ1) is 13.1. The summed E-state index contributed by atoms with van der Waals surface area (Å²) in [7, 11) is -3.42. The Balaban J connectivity index is 1.51. The van der Waals surface area contributed by atoms with Crippen LogP contribution in [0.15, 0.2) is 26.7 Å². The molecule has 0 aromatic carbocycles. The van der Waals surface area contributed by atoms with Gasteiger partial charge in [0.25, 0.3) is 0 Å². The molecule has 0 spiro atoms. The summed E-state index contributed by atoms with van der Waals surface area (Å²) in [6, 6.07) is 3.88. The van der Waals surface area contributed by atoms with E-state index in [0.717, 1.165) is 58.3 Å². The van der Waals surface area contributed by atoms with E-state index in [0.29, 0.717) is 16.8 Å². The second kappa shape index (κ2) is 9.83. The highest BCUT2D eigenvalue weighted by atomic mass is 32.2. The Morgan fingerprint density at radius 2 is 2.19 bits per heavy atom. The molecule has 2 fully saturated rings. The molecule has 2 aliphatic heterocycles. The lowest BCUT2D eigenvalue weighted by Crippen LogP contribution is -2.46. The van der Waals surface area contributed by atoms with Crippen molar-refractivity contribution >= 4 is 27.3 Å². The molecule has 0 bridgehead atoms. The summed E-state index contributed by atoms with van der Waals surface area (Å²) in [4.78, 5) is 9.40. The summed E-state index contributed by atoms with van der Waals surface area (Å²) in [5.74, 6) is 0.864. The van der Waals surface area contributed by atoms with E-state index in [1.807, 2.05) is 6.92 Å². The van der Waals surface area contributed by atoms with Crippen LogP contribution in [0.3, 0.4) is 0 Å². The number of aliphatic imine (C=N–C) groups is 1. The molecule has 1 aromatic heterocycles. The molecular weight excluding hydrogens is 386 g/mol. The van der Waals surface area contributed by atoms with E-state index in [1.54, 1.807) is 17.5 Å². The number of thiophene rings is 1.